The molecule has 0 unspecified atom stereocenters. The average molecular weight is 165 g/mol. The molecule has 58 valence electrons. The molecular formula is C6H9ClO3. The van der Waals surface area contributed by atoms with E-state index in [0.717, 1.165) is 0 Å². The molecule has 0 aromatic rings. The summed E-state index contributed by atoms with van der Waals surface area (Å²) in [5, 5.41) is -0.492. The van der Waals surface area contributed by atoms with Crippen molar-refractivity contribution < 1.29 is 14.3 Å². The van der Waals surface area contributed by atoms with Crippen LogP contribution in [-0.4, -0.2) is 17.3 Å². The van der Waals surface area contributed by atoms with Crippen molar-refractivity contribution in [3.05, 3.63) is 0 Å². The van der Waals surface area contributed by atoms with E-state index in [4.69, 9.17) is 11.6 Å². The fraction of sp³-hybridized carbons (Fsp3) is 0.667. The van der Waals surface area contributed by atoms with Gasteiger partial charge in [0, 0.05) is 6.92 Å². The van der Waals surface area contributed by atoms with Crippen LogP contribution in [0.3, 0.4) is 0 Å². The summed E-state index contributed by atoms with van der Waals surface area (Å²) in [5.74, 6) is -0.398. The molecule has 0 aromatic carbocycles. The topological polar surface area (TPSA) is 43.4 Å². The van der Waals surface area contributed by atoms with E-state index in [9.17, 15) is 9.59 Å². The molecule has 0 radical (unpaired) electrons. The van der Waals surface area contributed by atoms with Gasteiger partial charge in [0.05, 0.1) is 6.42 Å². The molecule has 0 heterocycles. The minimum Gasteiger partial charge on any atom is -0.462 e. The first kappa shape index (κ1) is 9.43. The Morgan fingerprint density at radius 3 is 2.40 bits per heavy atom. The highest BCUT2D eigenvalue weighted by atomic mass is 35.5. The third-order valence-corrected chi connectivity index (χ3v) is 0.969. The van der Waals surface area contributed by atoms with E-state index in [1.165, 1.54) is 6.92 Å². The second-order valence-corrected chi connectivity index (χ2v) is 2.40. The van der Waals surface area contributed by atoms with Crippen LogP contribution in [0, 0.1) is 0 Å². The predicted molar refractivity (Wildman–Crippen MR) is 36.7 cm³/mol. The molecule has 0 rings (SSSR count). The largest absolute Gasteiger partial charge is 0.462 e. The first-order valence-corrected chi connectivity index (χ1v) is 3.25. The van der Waals surface area contributed by atoms with Crippen LogP contribution >= 0.6 is 11.6 Å². The summed E-state index contributed by atoms with van der Waals surface area (Å²) in [6, 6.07) is 0. The molecule has 0 saturated carbocycles. The number of carbonyl (C=O) groups excluding carboxylic acids is 2. The van der Waals surface area contributed by atoms with Crippen molar-refractivity contribution in [1.82, 2.24) is 0 Å². The Bertz CT molecular complexity index is 128. The molecule has 0 aliphatic carbocycles. The van der Waals surface area contributed by atoms with Crippen LogP contribution in [-0.2, 0) is 14.3 Å². The van der Waals surface area contributed by atoms with Crippen molar-refractivity contribution in [2.24, 2.45) is 0 Å². The van der Waals surface area contributed by atoms with Gasteiger partial charge in [0.15, 0.2) is 0 Å². The average Bonchev–Trinajstić information content (AvgIpc) is 1.58. The summed E-state index contributed by atoms with van der Waals surface area (Å²) in [6.45, 7) is 2.90. The fourth-order valence-electron chi connectivity index (χ4n) is 0.551. The molecule has 3 nitrogen and oxygen atoms in total. The quantitative estimate of drug-likeness (QED) is 0.463. The molecule has 0 fully saturated rings. The zero-order chi connectivity index (χ0) is 8.15. The Morgan fingerprint density at radius 1 is 1.60 bits per heavy atom. The maximum Gasteiger partial charge on any atom is 0.302 e. The van der Waals surface area contributed by atoms with Gasteiger partial charge in [-0.25, -0.2) is 0 Å². The molecule has 0 amide bonds. The molecule has 0 aliphatic heterocycles. The smallest absolute Gasteiger partial charge is 0.302 e. The monoisotopic (exact) mass is 164 g/mol. The second-order valence-electron chi connectivity index (χ2n) is 1.98. The normalized spacial score (nSPS) is 12.3. The number of ether oxygens (including phenoxy) is 1. The molecule has 0 saturated heterocycles. The molecule has 0 aliphatic rings. The van der Waals surface area contributed by atoms with Crippen molar-refractivity contribution in [3.63, 3.8) is 0 Å². The lowest BCUT2D eigenvalue weighted by Gasteiger charge is -2.07. The first-order chi connectivity index (χ1) is 4.52. The van der Waals surface area contributed by atoms with Gasteiger partial charge in [-0.15, -0.1) is 0 Å². The molecular weight excluding hydrogens is 156 g/mol. The summed E-state index contributed by atoms with van der Waals surface area (Å²) in [5.41, 5.74) is 0. The highest BCUT2D eigenvalue weighted by Crippen LogP contribution is 2.00. The standard InChI is InChI=1S/C6H9ClO3/c1-4(3-6(7)9)10-5(2)8/h4H,3H2,1-2H3/t4-/m1/s1. The Morgan fingerprint density at radius 2 is 2.10 bits per heavy atom. The number of rotatable bonds is 3. The lowest BCUT2D eigenvalue weighted by atomic mass is 10.3. The van der Waals surface area contributed by atoms with E-state index in [1.54, 1.807) is 6.92 Å². The van der Waals surface area contributed by atoms with Crippen molar-refractivity contribution in [2.75, 3.05) is 0 Å². The van der Waals surface area contributed by atoms with Gasteiger partial charge in [0.1, 0.15) is 6.10 Å². The van der Waals surface area contributed by atoms with Crippen molar-refractivity contribution in [3.8, 4) is 0 Å². The number of hydrogen-bond acceptors (Lipinski definition) is 3. The molecule has 0 N–H and O–H groups in total. The van der Waals surface area contributed by atoms with E-state index in [0.29, 0.717) is 0 Å². The highest BCUT2D eigenvalue weighted by molar-refractivity contribution is 6.63. The maximum absolute atomic E-state index is 10.3. The molecule has 0 aromatic heterocycles. The summed E-state index contributed by atoms with van der Waals surface area (Å²) in [7, 11) is 0. The van der Waals surface area contributed by atoms with Gasteiger partial charge in [0.25, 0.3) is 0 Å². The van der Waals surface area contributed by atoms with Crippen LogP contribution in [0.5, 0.6) is 0 Å². The Hall–Kier alpha value is -0.570. The second kappa shape index (κ2) is 4.28. The summed E-state index contributed by atoms with van der Waals surface area (Å²) < 4.78 is 4.62. The van der Waals surface area contributed by atoms with Crippen LogP contribution in [0.1, 0.15) is 20.3 Å². The summed E-state index contributed by atoms with van der Waals surface area (Å²) in [6.07, 6.45) is -0.344. The predicted octanol–water partition coefficient (Wildman–Crippen LogP) is 1.09. The maximum atomic E-state index is 10.3. The number of carbonyl (C=O) groups is 2. The summed E-state index contributed by atoms with van der Waals surface area (Å²) in [4.78, 5) is 20.5. The minimum atomic E-state index is -0.492. The molecule has 1 atom stereocenters. The zero-order valence-corrected chi connectivity index (χ0v) is 6.64. The third-order valence-electron chi connectivity index (χ3n) is 0.815. The van der Waals surface area contributed by atoms with Gasteiger partial charge in [0.2, 0.25) is 5.24 Å². The zero-order valence-electron chi connectivity index (χ0n) is 5.89. The van der Waals surface area contributed by atoms with E-state index in [-0.39, 0.29) is 6.42 Å². The highest BCUT2D eigenvalue weighted by Gasteiger charge is 2.08. The number of esters is 1. The lowest BCUT2D eigenvalue weighted by Crippen LogP contribution is -2.14. The van der Waals surface area contributed by atoms with E-state index >= 15 is 0 Å². The Labute approximate surface area is 64.3 Å². The van der Waals surface area contributed by atoms with Crippen molar-refractivity contribution >= 4 is 22.8 Å². The Balaban J connectivity index is 3.53. The SMILES string of the molecule is CC(=O)O[C@H](C)CC(=O)Cl. The lowest BCUT2D eigenvalue weighted by molar-refractivity contribution is -0.146. The van der Waals surface area contributed by atoms with Gasteiger partial charge in [-0.3, -0.25) is 9.59 Å². The van der Waals surface area contributed by atoms with E-state index < -0.39 is 17.3 Å². The van der Waals surface area contributed by atoms with Gasteiger partial charge in [-0.2, -0.15) is 0 Å². The van der Waals surface area contributed by atoms with Gasteiger partial charge in [-0.05, 0) is 18.5 Å². The molecule has 0 bridgehead atoms. The summed E-state index contributed by atoms with van der Waals surface area (Å²) >= 11 is 5.03. The molecule has 10 heavy (non-hydrogen) atoms. The Kier molecular flexibility index (Phi) is 4.03. The van der Waals surface area contributed by atoms with Crippen LogP contribution in [0.15, 0.2) is 0 Å². The van der Waals surface area contributed by atoms with Crippen molar-refractivity contribution in [1.29, 1.82) is 0 Å². The first-order valence-electron chi connectivity index (χ1n) is 2.88. The van der Waals surface area contributed by atoms with Crippen molar-refractivity contribution in [2.45, 2.75) is 26.4 Å². The van der Waals surface area contributed by atoms with Gasteiger partial charge < -0.3 is 4.74 Å². The van der Waals surface area contributed by atoms with E-state index in [1.807, 2.05) is 0 Å². The van der Waals surface area contributed by atoms with Crippen LogP contribution < -0.4 is 0 Å². The molecule has 4 heteroatoms. The van der Waals surface area contributed by atoms with Crippen LogP contribution in [0.25, 0.3) is 0 Å². The van der Waals surface area contributed by atoms with Crippen LogP contribution in [0.2, 0.25) is 0 Å². The number of hydrogen-bond donors (Lipinski definition) is 0. The van der Waals surface area contributed by atoms with E-state index in [2.05, 4.69) is 4.74 Å². The minimum absolute atomic E-state index is 0.0706. The van der Waals surface area contributed by atoms with Gasteiger partial charge in [-0.1, -0.05) is 0 Å². The van der Waals surface area contributed by atoms with Crippen LogP contribution in [0.4, 0.5) is 0 Å². The molecule has 0 spiro atoms. The fourth-order valence-corrected chi connectivity index (χ4v) is 0.768. The third kappa shape index (κ3) is 5.56. The van der Waals surface area contributed by atoms with Gasteiger partial charge >= 0.3 is 5.97 Å². The number of halogens is 1.